The van der Waals surface area contributed by atoms with Crippen molar-refractivity contribution in [3.05, 3.63) is 144 Å². The highest BCUT2D eigenvalue weighted by Crippen LogP contribution is 2.08. The number of rotatable bonds is 17. The first-order valence-corrected chi connectivity index (χ1v) is 20.6. The van der Waals surface area contributed by atoms with Gasteiger partial charge in [0.2, 0.25) is 0 Å². The van der Waals surface area contributed by atoms with Crippen molar-refractivity contribution in [2.75, 3.05) is 97.6 Å². The van der Waals surface area contributed by atoms with Crippen LogP contribution in [0.1, 0.15) is 35.1 Å². The Morgan fingerprint density at radius 3 is 1.26 bits per heavy atom. The minimum absolute atomic E-state index is 0.715. The normalized spacial score (nSPS) is 14.8. The fourth-order valence-corrected chi connectivity index (χ4v) is 6.48. The third-order valence-corrected chi connectivity index (χ3v) is 9.56. The Balaban J connectivity index is 0.000000229. The molecule has 0 aliphatic carbocycles. The van der Waals surface area contributed by atoms with E-state index in [1.807, 2.05) is 24.3 Å². The topological polar surface area (TPSA) is 60.4 Å². The van der Waals surface area contributed by atoms with E-state index < -0.39 is 0 Å². The number of ether oxygens (including phenoxy) is 2. The van der Waals surface area contributed by atoms with E-state index >= 15 is 0 Å². The molecule has 2 aliphatic heterocycles. The number of benzene rings is 4. The summed E-state index contributed by atoms with van der Waals surface area (Å²) in [4.78, 5) is 7.68. The highest BCUT2D eigenvalue weighted by molar-refractivity contribution is 9.09. The van der Waals surface area contributed by atoms with Gasteiger partial charge < -0.3 is 29.7 Å². The number of alkyl halides is 1. The highest BCUT2D eigenvalue weighted by atomic mass is 79.9. The van der Waals surface area contributed by atoms with E-state index in [1.54, 1.807) is 0 Å². The third-order valence-electron chi connectivity index (χ3n) is 9.24. The minimum Gasteiger partial charge on any atom is -0.400 e. The number of aliphatic hydroxyl groups excluding tert-OH is 1. The first-order valence-electron chi connectivity index (χ1n) is 19.5. The zero-order valence-corrected chi connectivity index (χ0v) is 33.8. The number of halogens is 1. The van der Waals surface area contributed by atoms with Crippen LogP contribution in [0, 0.1) is 0 Å². The standard InChI is InChI=1S/C22H30N2O.C13H20N2.C9H11BrO.CH4O/c1-3-8-21(9-4-1)12-7-13-23-14-16-24(17-15-23)18-19-25-20-22-10-5-2-6-11-22;1-2-5-13(6-3-1)7-4-10-15-11-8-14-9-12-15;10-6-7-11-8-9-4-2-1-3-5-9;1-2/h1-6,8-11H,7,12-20H2;1-3,5-6,14H,4,7-12H2;1-5H,6-8H2;2H,1H3. The van der Waals surface area contributed by atoms with Crippen molar-refractivity contribution < 1.29 is 14.6 Å². The molecule has 2 N–H and O–H groups in total. The van der Waals surface area contributed by atoms with Crippen molar-refractivity contribution in [2.45, 2.75) is 38.9 Å². The molecule has 53 heavy (non-hydrogen) atoms. The SMILES string of the molecule is BrCCOCc1ccccc1.CO.c1ccc(CCCN2CCN(CCOCc3ccccc3)CC2)cc1.c1ccc(CCCN2CCNCC2)cc1. The predicted molar refractivity (Wildman–Crippen MR) is 226 cm³/mol. The van der Waals surface area contributed by atoms with E-state index in [9.17, 15) is 0 Å². The van der Waals surface area contributed by atoms with E-state index in [0.717, 1.165) is 51.9 Å². The van der Waals surface area contributed by atoms with Crippen LogP contribution in [0.2, 0.25) is 0 Å². The van der Waals surface area contributed by atoms with Gasteiger partial charge in [0.15, 0.2) is 0 Å². The molecule has 0 unspecified atom stereocenters. The molecule has 0 aromatic heterocycles. The van der Waals surface area contributed by atoms with Gasteiger partial charge in [-0.3, -0.25) is 4.90 Å². The summed E-state index contributed by atoms with van der Waals surface area (Å²) in [6.07, 6.45) is 4.94. The second-order valence-electron chi connectivity index (χ2n) is 13.2. The summed E-state index contributed by atoms with van der Waals surface area (Å²) >= 11 is 3.30. The highest BCUT2D eigenvalue weighted by Gasteiger charge is 2.16. The number of hydrogen-bond acceptors (Lipinski definition) is 7. The smallest absolute Gasteiger partial charge is 0.0717 e. The maximum atomic E-state index is 7.00. The average molecular weight is 790 g/mol. The van der Waals surface area contributed by atoms with Crippen molar-refractivity contribution in [3.63, 3.8) is 0 Å². The summed E-state index contributed by atoms with van der Waals surface area (Å²) in [5.41, 5.74) is 5.41. The lowest BCUT2D eigenvalue weighted by molar-refractivity contribution is 0.0682. The molecule has 4 aromatic carbocycles. The number of piperazine rings is 2. The molecule has 8 heteroatoms. The summed E-state index contributed by atoms with van der Waals surface area (Å²) in [5, 5.41) is 11.3. The van der Waals surface area contributed by atoms with Gasteiger partial charge >= 0.3 is 0 Å². The van der Waals surface area contributed by atoms with E-state index in [2.05, 4.69) is 133 Å². The number of hydrogen-bond donors (Lipinski definition) is 2. The monoisotopic (exact) mass is 788 g/mol. The number of aliphatic hydroxyl groups is 1. The molecule has 2 heterocycles. The molecule has 0 atom stereocenters. The van der Waals surface area contributed by atoms with Crippen LogP contribution in [0.5, 0.6) is 0 Å². The first kappa shape index (κ1) is 44.5. The minimum atomic E-state index is 0.715. The zero-order valence-electron chi connectivity index (χ0n) is 32.2. The fraction of sp³-hybridized carbons (Fsp3) is 0.467. The molecule has 0 spiro atoms. The molecule has 0 amide bonds. The first-order chi connectivity index (χ1) is 26.3. The van der Waals surface area contributed by atoms with Crippen LogP contribution in [0.3, 0.4) is 0 Å². The predicted octanol–water partition coefficient (Wildman–Crippen LogP) is 7.18. The maximum absolute atomic E-state index is 7.00. The van der Waals surface area contributed by atoms with Gasteiger partial charge in [0, 0.05) is 71.3 Å². The van der Waals surface area contributed by atoms with Crippen LogP contribution < -0.4 is 5.32 Å². The summed E-state index contributed by atoms with van der Waals surface area (Å²) < 4.78 is 11.1. The maximum Gasteiger partial charge on any atom is 0.0717 e. The van der Waals surface area contributed by atoms with E-state index in [4.69, 9.17) is 14.6 Å². The third kappa shape index (κ3) is 21.5. The summed E-state index contributed by atoms with van der Waals surface area (Å²) in [6.45, 7) is 16.0. The molecule has 0 radical (unpaired) electrons. The van der Waals surface area contributed by atoms with E-state index in [0.29, 0.717) is 6.61 Å². The van der Waals surface area contributed by atoms with Crippen molar-refractivity contribution in [3.8, 4) is 0 Å². The second kappa shape index (κ2) is 30.4. The Labute approximate surface area is 329 Å². The molecule has 0 bridgehead atoms. The van der Waals surface area contributed by atoms with Gasteiger partial charge in [0.1, 0.15) is 0 Å². The van der Waals surface area contributed by atoms with Gasteiger partial charge in [0.05, 0.1) is 26.4 Å². The van der Waals surface area contributed by atoms with Gasteiger partial charge in [-0.05, 0) is 61.0 Å². The molecule has 290 valence electrons. The van der Waals surface area contributed by atoms with Gasteiger partial charge in [-0.25, -0.2) is 0 Å². The van der Waals surface area contributed by atoms with Crippen molar-refractivity contribution >= 4 is 15.9 Å². The molecule has 6 rings (SSSR count). The Morgan fingerprint density at radius 2 is 0.849 bits per heavy atom. The van der Waals surface area contributed by atoms with Crippen LogP contribution in [0.15, 0.2) is 121 Å². The molecular weight excluding hydrogens is 724 g/mol. The molecule has 2 saturated heterocycles. The van der Waals surface area contributed by atoms with Gasteiger partial charge in [-0.1, -0.05) is 137 Å². The zero-order chi connectivity index (χ0) is 37.4. The van der Waals surface area contributed by atoms with Crippen LogP contribution in [0.25, 0.3) is 0 Å². The summed E-state index contributed by atoms with van der Waals surface area (Å²) in [6, 6.07) is 42.2. The van der Waals surface area contributed by atoms with Crippen LogP contribution in [-0.4, -0.2) is 117 Å². The van der Waals surface area contributed by atoms with Crippen molar-refractivity contribution in [1.29, 1.82) is 0 Å². The molecule has 7 nitrogen and oxygen atoms in total. The fourth-order valence-electron chi connectivity index (χ4n) is 6.25. The Kier molecular flexibility index (Phi) is 25.5. The second-order valence-corrected chi connectivity index (χ2v) is 14.0. The lowest BCUT2D eigenvalue weighted by Gasteiger charge is -2.34. The summed E-state index contributed by atoms with van der Waals surface area (Å²) in [5.74, 6) is 0. The molecule has 0 saturated carbocycles. The Morgan fingerprint density at radius 1 is 0.491 bits per heavy atom. The summed E-state index contributed by atoms with van der Waals surface area (Å²) in [7, 11) is 1.00. The molecule has 4 aromatic rings. The Bertz CT molecular complexity index is 1360. The molecule has 2 aliphatic rings. The van der Waals surface area contributed by atoms with Crippen LogP contribution in [-0.2, 0) is 35.5 Å². The number of nitrogens with zero attached hydrogens (tertiary/aromatic N) is 3. The number of aryl methyl sites for hydroxylation is 2. The van der Waals surface area contributed by atoms with E-state index in [1.165, 1.54) is 100 Å². The Hall–Kier alpha value is -2.92. The van der Waals surface area contributed by atoms with Gasteiger partial charge in [-0.2, -0.15) is 0 Å². The van der Waals surface area contributed by atoms with Crippen molar-refractivity contribution in [2.24, 2.45) is 0 Å². The number of nitrogens with one attached hydrogen (secondary N) is 1. The van der Waals surface area contributed by atoms with Crippen LogP contribution in [0.4, 0.5) is 0 Å². The lowest BCUT2D eigenvalue weighted by Crippen LogP contribution is -2.47. The van der Waals surface area contributed by atoms with Gasteiger partial charge in [0.25, 0.3) is 0 Å². The van der Waals surface area contributed by atoms with Crippen molar-refractivity contribution in [1.82, 2.24) is 20.0 Å². The van der Waals surface area contributed by atoms with Crippen LogP contribution >= 0.6 is 15.9 Å². The molecule has 2 fully saturated rings. The van der Waals surface area contributed by atoms with Gasteiger partial charge in [-0.15, -0.1) is 0 Å². The lowest BCUT2D eigenvalue weighted by atomic mass is 10.1. The largest absolute Gasteiger partial charge is 0.400 e. The quantitative estimate of drug-likeness (QED) is 0.0869. The molecular formula is C45H65BrN4O3. The average Bonchev–Trinajstić information content (AvgIpc) is 3.23. The van der Waals surface area contributed by atoms with E-state index in [-0.39, 0.29) is 0 Å².